The van der Waals surface area contributed by atoms with Crippen LogP contribution in [0.1, 0.15) is 59.4 Å². The Balaban J connectivity index is 1.68. The van der Waals surface area contributed by atoms with Crippen molar-refractivity contribution in [2.75, 3.05) is 6.54 Å². The van der Waals surface area contributed by atoms with Crippen molar-refractivity contribution in [1.82, 2.24) is 25.1 Å². The molecule has 0 radical (unpaired) electrons. The van der Waals surface area contributed by atoms with Gasteiger partial charge in [-0.1, -0.05) is 12.1 Å². The number of nitrogens with zero attached hydrogens (tertiary/aromatic N) is 4. The highest BCUT2D eigenvalue weighted by Crippen LogP contribution is 2.41. The summed E-state index contributed by atoms with van der Waals surface area (Å²) in [5.74, 6) is 0. The number of aromatic nitrogens is 4. The number of rotatable bonds is 5. The fourth-order valence-corrected chi connectivity index (χ4v) is 4.32. The average Bonchev–Trinajstić information content (AvgIpc) is 3.21. The van der Waals surface area contributed by atoms with Crippen LogP contribution in [0.5, 0.6) is 0 Å². The Bertz CT molecular complexity index is 820. The lowest BCUT2D eigenvalue weighted by atomic mass is 9.88. The average molecular weight is 361 g/mol. The van der Waals surface area contributed by atoms with Crippen molar-refractivity contribution in [2.24, 2.45) is 0 Å². The molecule has 0 unspecified atom stereocenters. The number of aryl methyl sites for hydroxylation is 2. The van der Waals surface area contributed by atoms with Gasteiger partial charge in [-0.25, -0.2) is 0 Å². The Morgan fingerprint density at radius 2 is 1.63 bits per heavy atom. The molecule has 5 nitrogen and oxygen atoms in total. The minimum absolute atomic E-state index is 0.332. The molecule has 0 aliphatic carbocycles. The molecule has 1 aliphatic heterocycles. The summed E-state index contributed by atoms with van der Waals surface area (Å²) in [6.07, 6.45) is 12.2. The third-order valence-corrected chi connectivity index (χ3v) is 5.70. The van der Waals surface area contributed by atoms with Gasteiger partial charge < -0.3 is 0 Å². The van der Waals surface area contributed by atoms with Crippen LogP contribution in [0.3, 0.4) is 0 Å². The van der Waals surface area contributed by atoms with Crippen LogP contribution in [0, 0.1) is 13.8 Å². The van der Waals surface area contributed by atoms with Gasteiger partial charge in [-0.2, -0.15) is 5.10 Å². The molecule has 5 heteroatoms. The first kappa shape index (κ1) is 17.9. The van der Waals surface area contributed by atoms with Crippen LogP contribution < -0.4 is 0 Å². The standard InChI is InChI=1S/C22H27N5/c1-16-6-4-11-23-21(16)19-8-3-9-20(22-17(2)7-5-12-24-22)27(19)13-10-18-14-25-26-15-18/h4-7,11-12,14-15,19-20H,3,8-10,13H2,1-2H3,(H,25,26)/t19-,20+. The molecule has 140 valence electrons. The fraction of sp³-hybridized carbons (Fsp3) is 0.409. The van der Waals surface area contributed by atoms with Crippen LogP contribution in [0.4, 0.5) is 0 Å². The van der Waals surface area contributed by atoms with Crippen molar-refractivity contribution in [3.63, 3.8) is 0 Å². The molecular formula is C22H27N5. The molecule has 0 saturated carbocycles. The van der Waals surface area contributed by atoms with Gasteiger partial charge in [0.25, 0.3) is 0 Å². The van der Waals surface area contributed by atoms with E-state index in [0.29, 0.717) is 12.1 Å². The monoisotopic (exact) mass is 361 g/mol. The summed E-state index contributed by atoms with van der Waals surface area (Å²) >= 11 is 0. The lowest BCUT2D eigenvalue weighted by Gasteiger charge is -2.42. The van der Waals surface area contributed by atoms with Crippen LogP contribution in [-0.2, 0) is 6.42 Å². The van der Waals surface area contributed by atoms with Crippen LogP contribution in [0.2, 0.25) is 0 Å². The zero-order chi connectivity index (χ0) is 18.6. The van der Waals surface area contributed by atoms with Gasteiger partial charge >= 0.3 is 0 Å². The summed E-state index contributed by atoms with van der Waals surface area (Å²) in [5, 5.41) is 7.03. The first-order valence-electron chi connectivity index (χ1n) is 9.80. The molecule has 1 N–H and O–H groups in total. The number of H-pyrrole nitrogens is 1. The number of hydrogen-bond donors (Lipinski definition) is 1. The van der Waals surface area contributed by atoms with Crippen molar-refractivity contribution < 1.29 is 0 Å². The summed E-state index contributed by atoms with van der Waals surface area (Å²) in [7, 11) is 0. The molecule has 0 amide bonds. The Kier molecular flexibility index (Phi) is 5.30. The molecular weight excluding hydrogens is 334 g/mol. The van der Waals surface area contributed by atoms with E-state index < -0.39 is 0 Å². The predicted molar refractivity (Wildman–Crippen MR) is 106 cm³/mol. The number of aromatic amines is 1. The summed E-state index contributed by atoms with van der Waals surface area (Å²) in [4.78, 5) is 12.2. The lowest BCUT2D eigenvalue weighted by Crippen LogP contribution is -2.39. The third-order valence-electron chi connectivity index (χ3n) is 5.70. The Labute approximate surface area is 160 Å². The van der Waals surface area contributed by atoms with Crippen molar-refractivity contribution in [1.29, 1.82) is 0 Å². The smallest absolute Gasteiger partial charge is 0.0604 e. The summed E-state index contributed by atoms with van der Waals surface area (Å²) in [6, 6.07) is 9.06. The molecule has 0 spiro atoms. The molecule has 27 heavy (non-hydrogen) atoms. The zero-order valence-electron chi connectivity index (χ0n) is 16.1. The molecule has 0 bridgehead atoms. The molecule has 2 atom stereocenters. The number of nitrogens with one attached hydrogen (secondary N) is 1. The molecule has 1 aliphatic rings. The second-order valence-electron chi connectivity index (χ2n) is 7.47. The van der Waals surface area contributed by atoms with Crippen LogP contribution in [0.15, 0.2) is 49.1 Å². The number of pyridine rings is 2. The van der Waals surface area contributed by atoms with E-state index >= 15 is 0 Å². The molecule has 3 aromatic heterocycles. The van der Waals surface area contributed by atoms with Crippen molar-refractivity contribution in [3.8, 4) is 0 Å². The van der Waals surface area contributed by atoms with E-state index in [1.807, 2.05) is 36.9 Å². The fourth-order valence-electron chi connectivity index (χ4n) is 4.32. The second kappa shape index (κ2) is 8.01. The van der Waals surface area contributed by atoms with E-state index in [1.165, 1.54) is 34.5 Å². The minimum atomic E-state index is 0.332. The highest BCUT2D eigenvalue weighted by molar-refractivity contribution is 5.26. The minimum Gasteiger partial charge on any atom is -0.286 e. The number of hydrogen-bond acceptors (Lipinski definition) is 4. The summed E-state index contributed by atoms with van der Waals surface area (Å²) < 4.78 is 0. The van der Waals surface area contributed by atoms with Crippen LogP contribution >= 0.6 is 0 Å². The third kappa shape index (κ3) is 3.78. The van der Waals surface area contributed by atoms with Gasteiger partial charge in [-0.15, -0.1) is 0 Å². The van der Waals surface area contributed by atoms with Crippen LogP contribution in [-0.4, -0.2) is 31.6 Å². The van der Waals surface area contributed by atoms with Crippen molar-refractivity contribution in [2.45, 2.75) is 51.6 Å². The maximum absolute atomic E-state index is 4.77. The molecule has 4 heterocycles. The van der Waals surface area contributed by atoms with Gasteiger partial charge in [0.2, 0.25) is 0 Å². The number of piperidine rings is 1. The van der Waals surface area contributed by atoms with Crippen molar-refractivity contribution >= 4 is 0 Å². The largest absolute Gasteiger partial charge is 0.286 e. The predicted octanol–water partition coefficient (Wildman–Crippen LogP) is 4.33. The highest BCUT2D eigenvalue weighted by atomic mass is 15.2. The van der Waals surface area contributed by atoms with Crippen LogP contribution in [0.25, 0.3) is 0 Å². The SMILES string of the molecule is Cc1cccnc1[C@H]1CCC[C@@H](c2ncccc2C)N1CCc1cn[nH]c1. The van der Waals surface area contributed by atoms with E-state index in [0.717, 1.165) is 25.8 Å². The van der Waals surface area contributed by atoms with Gasteiger partial charge in [-0.3, -0.25) is 20.0 Å². The first-order chi connectivity index (χ1) is 13.2. The Morgan fingerprint density at radius 1 is 1.00 bits per heavy atom. The first-order valence-corrected chi connectivity index (χ1v) is 9.80. The van der Waals surface area contributed by atoms with E-state index in [9.17, 15) is 0 Å². The van der Waals surface area contributed by atoms with Crippen molar-refractivity contribution in [3.05, 3.63) is 77.1 Å². The van der Waals surface area contributed by atoms with Gasteiger partial charge in [0.05, 0.1) is 29.7 Å². The molecule has 4 rings (SSSR count). The Hall–Kier alpha value is -2.53. The maximum Gasteiger partial charge on any atom is 0.0604 e. The quantitative estimate of drug-likeness (QED) is 0.735. The molecule has 0 aromatic carbocycles. The highest BCUT2D eigenvalue weighted by Gasteiger charge is 2.34. The van der Waals surface area contributed by atoms with Gasteiger partial charge in [0.15, 0.2) is 0 Å². The topological polar surface area (TPSA) is 57.7 Å². The second-order valence-corrected chi connectivity index (χ2v) is 7.47. The van der Waals surface area contributed by atoms with E-state index in [-0.39, 0.29) is 0 Å². The summed E-state index contributed by atoms with van der Waals surface area (Å²) in [6.45, 7) is 5.32. The normalized spacial score (nSPS) is 20.7. The van der Waals surface area contributed by atoms with Gasteiger partial charge in [-0.05, 0) is 68.4 Å². The van der Waals surface area contributed by atoms with E-state index in [4.69, 9.17) is 9.97 Å². The Morgan fingerprint density at radius 3 is 2.15 bits per heavy atom. The van der Waals surface area contributed by atoms with E-state index in [1.54, 1.807) is 0 Å². The van der Waals surface area contributed by atoms with Gasteiger partial charge in [0, 0.05) is 25.1 Å². The number of likely N-dealkylation sites (tertiary alicyclic amines) is 1. The molecule has 1 saturated heterocycles. The van der Waals surface area contributed by atoms with Gasteiger partial charge in [0.1, 0.15) is 0 Å². The molecule has 1 fully saturated rings. The van der Waals surface area contributed by atoms with E-state index in [2.05, 4.69) is 41.1 Å². The summed E-state index contributed by atoms with van der Waals surface area (Å²) in [5.41, 5.74) is 6.21. The maximum atomic E-state index is 4.77. The lowest BCUT2D eigenvalue weighted by molar-refractivity contribution is 0.0775. The molecule has 3 aromatic rings. The zero-order valence-corrected chi connectivity index (χ0v) is 16.1.